The molecule has 0 bridgehead atoms. The number of rotatable bonds is 6. The van der Waals surface area contributed by atoms with Gasteiger partial charge in [-0.25, -0.2) is 0 Å². The maximum atomic E-state index is 10.8. The molecule has 0 aliphatic carbocycles. The number of halogens is 1. The molecular formula is C13H18IN3O3. The van der Waals surface area contributed by atoms with Crippen LogP contribution >= 0.6 is 22.6 Å². The Balaban J connectivity index is 2.17. The number of hydrogen-bond donors (Lipinski definition) is 2. The Labute approximate surface area is 131 Å². The first kappa shape index (κ1) is 15.5. The van der Waals surface area contributed by atoms with Gasteiger partial charge in [0.05, 0.1) is 17.2 Å². The van der Waals surface area contributed by atoms with E-state index in [0.29, 0.717) is 12.6 Å². The molecular weight excluding hydrogens is 373 g/mol. The standard InChI is InChI=1S/C13H18IN3O3/c14-12-8-11(17(19)20)3-4-13(12)16(6-7-18)9-10-2-1-5-15-10/h3-4,8,10,15,18H,1-2,5-7,9H2. The Hall–Kier alpha value is -0.930. The molecule has 1 saturated heterocycles. The highest BCUT2D eigenvalue weighted by molar-refractivity contribution is 14.1. The number of anilines is 1. The maximum Gasteiger partial charge on any atom is 0.270 e. The monoisotopic (exact) mass is 391 g/mol. The number of hydrogen-bond acceptors (Lipinski definition) is 5. The minimum atomic E-state index is -0.388. The van der Waals surface area contributed by atoms with Crippen molar-refractivity contribution in [3.63, 3.8) is 0 Å². The van der Waals surface area contributed by atoms with Crippen molar-refractivity contribution in [1.29, 1.82) is 0 Å². The molecule has 1 aliphatic rings. The van der Waals surface area contributed by atoms with Crippen LogP contribution < -0.4 is 10.2 Å². The first-order chi connectivity index (χ1) is 9.61. The van der Waals surface area contributed by atoms with E-state index in [4.69, 9.17) is 0 Å². The van der Waals surface area contributed by atoms with E-state index in [0.717, 1.165) is 28.8 Å². The van der Waals surface area contributed by atoms with Gasteiger partial charge in [0.15, 0.2) is 0 Å². The molecule has 1 atom stereocenters. The van der Waals surface area contributed by atoms with E-state index in [1.807, 2.05) is 0 Å². The number of nitrogens with zero attached hydrogens (tertiary/aromatic N) is 2. The van der Waals surface area contributed by atoms with Crippen LogP contribution in [0.4, 0.5) is 11.4 Å². The van der Waals surface area contributed by atoms with Crippen molar-refractivity contribution in [2.24, 2.45) is 0 Å². The number of benzene rings is 1. The molecule has 0 spiro atoms. The number of non-ortho nitro benzene ring substituents is 1. The largest absolute Gasteiger partial charge is 0.395 e. The predicted octanol–water partition coefficient (Wildman–Crippen LogP) is 1.75. The average molecular weight is 391 g/mol. The molecule has 1 unspecified atom stereocenters. The van der Waals surface area contributed by atoms with Gasteiger partial charge in [-0.05, 0) is 48.0 Å². The van der Waals surface area contributed by atoms with E-state index in [9.17, 15) is 15.2 Å². The summed E-state index contributed by atoms with van der Waals surface area (Å²) in [5, 5.41) is 23.4. The maximum absolute atomic E-state index is 10.8. The second-order valence-electron chi connectivity index (χ2n) is 4.86. The summed E-state index contributed by atoms with van der Waals surface area (Å²) in [5.74, 6) is 0. The molecule has 1 aliphatic heterocycles. The number of nitro groups is 1. The molecule has 2 N–H and O–H groups in total. The van der Waals surface area contributed by atoms with Crippen molar-refractivity contribution in [2.45, 2.75) is 18.9 Å². The molecule has 7 heteroatoms. The molecule has 110 valence electrons. The summed E-state index contributed by atoms with van der Waals surface area (Å²) < 4.78 is 0.836. The van der Waals surface area contributed by atoms with Gasteiger partial charge in [0, 0.05) is 34.8 Å². The van der Waals surface area contributed by atoms with Gasteiger partial charge >= 0.3 is 0 Å². The highest BCUT2D eigenvalue weighted by Crippen LogP contribution is 2.27. The lowest BCUT2D eigenvalue weighted by atomic mass is 10.2. The van der Waals surface area contributed by atoms with Crippen LogP contribution in [-0.4, -0.2) is 42.3 Å². The summed E-state index contributed by atoms with van der Waals surface area (Å²) in [7, 11) is 0. The fraction of sp³-hybridized carbons (Fsp3) is 0.538. The van der Waals surface area contributed by atoms with Gasteiger partial charge in [-0.2, -0.15) is 0 Å². The third-order valence-electron chi connectivity index (χ3n) is 3.46. The van der Waals surface area contributed by atoms with Gasteiger partial charge in [-0.3, -0.25) is 10.1 Å². The van der Waals surface area contributed by atoms with Gasteiger partial charge in [-0.1, -0.05) is 0 Å². The zero-order chi connectivity index (χ0) is 14.5. The van der Waals surface area contributed by atoms with E-state index in [1.165, 1.54) is 12.5 Å². The van der Waals surface area contributed by atoms with Crippen molar-refractivity contribution in [3.05, 3.63) is 31.9 Å². The zero-order valence-electron chi connectivity index (χ0n) is 11.1. The Morgan fingerprint density at radius 1 is 1.55 bits per heavy atom. The van der Waals surface area contributed by atoms with E-state index in [1.54, 1.807) is 12.1 Å². The first-order valence-corrected chi connectivity index (χ1v) is 7.73. The predicted molar refractivity (Wildman–Crippen MR) is 86.1 cm³/mol. The Morgan fingerprint density at radius 2 is 2.35 bits per heavy atom. The van der Waals surface area contributed by atoms with Gasteiger partial charge in [0.2, 0.25) is 0 Å². The summed E-state index contributed by atoms with van der Waals surface area (Å²) in [5.41, 5.74) is 1.04. The van der Waals surface area contributed by atoms with E-state index in [2.05, 4.69) is 32.8 Å². The number of aliphatic hydroxyl groups excluding tert-OH is 1. The molecule has 20 heavy (non-hydrogen) atoms. The smallest absolute Gasteiger partial charge is 0.270 e. The summed E-state index contributed by atoms with van der Waals surface area (Å²) in [6.45, 7) is 2.45. The Kier molecular flexibility index (Phi) is 5.55. The molecule has 1 aromatic rings. The molecule has 6 nitrogen and oxygen atoms in total. The Morgan fingerprint density at radius 3 is 2.90 bits per heavy atom. The van der Waals surface area contributed by atoms with Crippen LogP contribution in [0.5, 0.6) is 0 Å². The molecule has 0 amide bonds. The van der Waals surface area contributed by atoms with E-state index >= 15 is 0 Å². The van der Waals surface area contributed by atoms with Crippen LogP contribution in [0.3, 0.4) is 0 Å². The second-order valence-corrected chi connectivity index (χ2v) is 6.02. The van der Waals surface area contributed by atoms with Crippen molar-refractivity contribution < 1.29 is 10.0 Å². The van der Waals surface area contributed by atoms with Crippen LogP contribution in [0, 0.1) is 13.7 Å². The molecule has 1 aromatic carbocycles. The lowest BCUT2D eigenvalue weighted by Gasteiger charge is -2.28. The van der Waals surface area contributed by atoms with E-state index < -0.39 is 0 Å². The van der Waals surface area contributed by atoms with Crippen molar-refractivity contribution in [1.82, 2.24) is 5.32 Å². The summed E-state index contributed by atoms with van der Waals surface area (Å²) in [6, 6.07) is 5.28. The summed E-state index contributed by atoms with van der Waals surface area (Å²) >= 11 is 2.11. The second kappa shape index (κ2) is 7.19. The van der Waals surface area contributed by atoms with Crippen LogP contribution in [0.15, 0.2) is 18.2 Å². The third-order valence-corrected chi connectivity index (χ3v) is 4.32. The van der Waals surface area contributed by atoms with Crippen LogP contribution in [0.1, 0.15) is 12.8 Å². The normalized spacial score (nSPS) is 18.2. The van der Waals surface area contributed by atoms with Crippen LogP contribution in [0.25, 0.3) is 0 Å². The lowest BCUT2D eigenvalue weighted by Crippen LogP contribution is -2.39. The lowest BCUT2D eigenvalue weighted by molar-refractivity contribution is -0.384. The Bertz CT molecular complexity index is 478. The topological polar surface area (TPSA) is 78.6 Å². The van der Waals surface area contributed by atoms with Gasteiger partial charge in [-0.15, -0.1) is 0 Å². The molecule has 2 rings (SSSR count). The molecule has 0 aromatic heterocycles. The molecule has 0 saturated carbocycles. The molecule has 1 heterocycles. The average Bonchev–Trinajstić information content (AvgIpc) is 2.91. The van der Waals surface area contributed by atoms with Gasteiger partial charge < -0.3 is 15.3 Å². The summed E-state index contributed by atoms with van der Waals surface area (Å²) in [4.78, 5) is 12.5. The zero-order valence-corrected chi connectivity index (χ0v) is 13.2. The van der Waals surface area contributed by atoms with Crippen molar-refractivity contribution in [2.75, 3.05) is 31.1 Å². The van der Waals surface area contributed by atoms with Crippen molar-refractivity contribution in [3.8, 4) is 0 Å². The van der Waals surface area contributed by atoms with Crippen molar-refractivity contribution >= 4 is 34.0 Å². The van der Waals surface area contributed by atoms with Gasteiger partial charge in [0.1, 0.15) is 0 Å². The SMILES string of the molecule is O=[N+]([O-])c1ccc(N(CCO)CC2CCCN2)c(I)c1. The first-order valence-electron chi connectivity index (χ1n) is 6.65. The molecule has 1 fully saturated rings. The highest BCUT2D eigenvalue weighted by Gasteiger charge is 2.20. The fourth-order valence-corrected chi connectivity index (χ4v) is 3.32. The third kappa shape index (κ3) is 3.80. The minimum absolute atomic E-state index is 0.0692. The van der Waals surface area contributed by atoms with Gasteiger partial charge in [0.25, 0.3) is 5.69 Å². The number of nitro benzene ring substituents is 1. The van der Waals surface area contributed by atoms with E-state index in [-0.39, 0.29) is 17.2 Å². The van der Waals surface area contributed by atoms with Crippen LogP contribution in [-0.2, 0) is 0 Å². The highest BCUT2D eigenvalue weighted by atomic mass is 127. The minimum Gasteiger partial charge on any atom is -0.395 e. The van der Waals surface area contributed by atoms with Crippen LogP contribution in [0.2, 0.25) is 0 Å². The fourth-order valence-electron chi connectivity index (χ4n) is 2.48. The molecule has 0 radical (unpaired) electrons. The number of aliphatic hydroxyl groups is 1. The number of nitrogens with one attached hydrogen (secondary N) is 1. The quantitative estimate of drug-likeness (QED) is 0.439. The summed E-state index contributed by atoms with van der Waals surface area (Å²) in [6.07, 6.45) is 2.31.